The second-order valence-corrected chi connectivity index (χ2v) is 7.85. The fourth-order valence-corrected chi connectivity index (χ4v) is 4.32. The first kappa shape index (κ1) is 22.1. The van der Waals surface area contributed by atoms with E-state index in [1.165, 1.54) is 19.1 Å². The molecule has 1 fully saturated rings. The molecule has 1 unspecified atom stereocenters. The van der Waals surface area contributed by atoms with Crippen molar-refractivity contribution in [3.63, 3.8) is 0 Å². The van der Waals surface area contributed by atoms with Crippen LogP contribution in [0.15, 0.2) is 72.3 Å². The first-order valence-electron chi connectivity index (χ1n) is 10.5. The number of nitrogens with zero attached hydrogens (tertiary/aromatic N) is 1. The maximum Gasteiger partial charge on any atom is 0.300 e. The molecule has 0 aromatic heterocycles. The summed E-state index contributed by atoms with van der Waals surface area (Å²) in [4.78, 5) is 28.3. The Kier molecular flexibility index (Phi) is 5.92. The fourth-order valence-electron chi connectivity index (χ4n) is 4.32. The van der Waals surface area contributed by atoms with E-state index in [1.54, 1.807) is 24.3 Å². The summed E-state index contributed by atoms with van der Waals surface area (Å²) in [6.45, 7) is 3.80. The Morgan fingerprint density at radius 3 is 1.97 bits per heavy atom. The highest BCUT2D eigenvalue weighted by molar-refractivity contribution is 6.52. The highest BCUT2D eigenvalue weighted by Crippen LogP contribution is 2.46. The van der Waals surface area contributed by atoms with Crippen molar-refractivity contribution in [2.75, 3.05) is 19.1 Å². The summed E-state index contributed by atoms with van der Waals surface area (Å²) in [5, 5.41) is 11.5. The van der Waals surface area contributed by atoms with Crippen molar-refractivity contribution >= 4 is 23.1 Å². The van der Waals surface area contributed by atoms with Gasteiger partial charge in [-0.25, -0.2) is 0 Å². The number of hydrogen-bond acceptors (Lipinski definition) is 5. The molecule has 1 amide bonds. The highest BCUT2D eigenvalue weighted by Gasteiger charge is 2.48. The molecule has 33 heavy (non-hydrogen) atoms. The Hall–Kier alpha value is -4.06. The van der Waals surface area contributed by atoms with Crippen LogP contribution in [0, 0.1) is 13.8 Å². The van der Waals surface area contributed by atoms with E-state index in [9.17, 15) is 14.7 Å². The molecule has 3 aromatic carbocycles. The van der Waals surface area contributed by atoms with E-state index < -0.39 is 17.7 Å². The van der Waals surface area contributed by atoms with Crippen molar-refractivity contribution in [2.24, 2.45) is 0 Å². The monoisotopic (exact) mass is 443 g/mol. The second-order valence-electron chi connectivity index (χ2n) is 7.85. The van der Waals surface area contributed by atoms with Gasteiger partial charge in [-0.05, 0) is 48.7 Å². The summed E-state index contributed by atoms with van der Waals surface area (Å²) in [7, 11) is 2.94. The number of ketones is 1. The summed E-state index contributed by atoms with van der Waals surface area (Å²) in [6, 6.07) is 19.1. The molecule has 4 rings (SSSR count). The molecule has 0 saturated carbocycles. The average Bonchev–Trinajstić information content (AvgIpc) is 3.08. The quantitative estimate of drug-likeness (QED) is 0.343. The number of amides is 1. The van der Waals surface area contributed by atoms with E-state index in [0.717, 1.165) is 16.7 Å². The minimum Gasteiger partial charge on any atom is -0.506 e. The Morgan fingerprint density at radius 2 is 1.39 bits per heavy atom. The lowest BCUT2D eigenvalue weighted by Gasteiger charge is -2.28. The third-order valence-corrected chi connectivity index (χ3v) is 5.97. The van der Waals surface area contributed by atoms with Crippen LogP contribution in [0.1, 0.15) is 28.3 Å². The van der Waals surface area contributed by atoms with Crippen molar-refractivity contribution in [3.05, 3.63) is 94.6 Å². The molecule has 1 atom stereocenters. The van der Waals surface area contributed by atoms with Crippen molar-refractivity contribution in [1.82, 2.24) is 0 Å². The zero-order chi connectivity index (χ0) is 23.7. The van der Waals surface area contributed by atoms with Gasteiger partial charge < -0.3 is 14.6 Å². The molecule has 1 aliphatic rings. The van der Waals surface area contributed by atoms with Gasteiger partial charge in [-0.2, -0.15) is 0 Å². The number of aliphatic hydroxyl groups is 1. The number of Topliss-reactive ketones (excluding diaryl/α,β-unsaturated/α-hetero) is 1. The van der Waals surface area contributed by atoms with Crippen molar-refractivity contribution in [1.29, 1.82) is 0 Å². The smallest absolute Gasteiger partial charge is 0.300 e. The first-order chi connectivity index (χ1) is 15.9. The lowest BCUT2D eigenvalue weighted by molar-refractivity contribution is -0.132. The summed E-state index contributed by atoms with van der Waals surface area (Å²) in [6.07, 6.45) is 0. The zero-order valence-corrected chi connectivity index (χ0v) is 19.0. The van der Waals surface area contributed by atoms with Crippen molar-refractivity contribution < 1.29 is 24.2 Å². The molecule has 0 bridgehead atoms. The van der Waals surface area contributed by atoms with Gasteiger partial charge in [0, 0.05) is 5.69 Å². The second kappa shape index (κ2) is 8.82. The number of methoxy groups -OCH3 is 2. The Labute approximate surface area is 192 Å². The molecule has 0 spiro atoms. The van der Waals surface area contributed by atoms with E-state index in [-0.39, 0.29) is 16.9 Å². The molecule has 3 aromatic rings. The topological polar surface area (TPSA) is 76.1 Å². The molecular formula is C27H25NO5. The fraction of sp³-hybridized carbons (Fsp3) is 0.185. The molecule has 6 heteroatoms. The number of carbonyl (C=O) groups excluding carboxylic acids is 2. The summed E-state index contributed by atoms with van der Waals surface area (Å²) in [5.74, 6) is -1.15. The number of hydrogen-bond donors (Lipinski definition) is 1. The lowest BCUT2D eigenvalue weighted by atomic mass is 9.92. The number of benzene rings is 3. The minimum atomic E-state index is -0.818. The largest absolute Gasteiger partial charge is 0.506 e. The molecule has 0 aliphatic carbocycles. The average molecular weight is 443 g/mol. The van der Waals surface area contributed by atoms with Gasteiger partial charge in [0.2, 0.25) is 0 Å². The van der Waals surface area contributed by atoms with Crippen LogP contribution in [0.3, 0.4) is 0 Å². The van der Waals surface area contributed by atoms with Gasteiger partial charge in [-0.3, -0.25) is 14.5 Å². The van der Waals surface area contributed by atoms with E-state index in [0.29, 0.717) is 17.2 Å². The van der Waals surface area contributed by atoms with Crippen molar-refractivity contribution in [3.8, 4) is 11.5 Å². The third-order valence-electron chi connectivity index (χ3n) is 5.97. The van der Waals surface area contributed by atoms with Crippen LogP contribution >= 0.6 is 0 Å². The molecule has 1 heterocycles. The number of rotatable bonds is 5. The first-order valence-corrected chi connectivity index (χ1v) is 10.5. The van der Waals surface area contributed by atoms with Crippen LogP contribution in [0.2, 0.25) is 0 Å². The highest BCUT2D eigenvalue weighted by atomic mass is 16.5. The van der Waals surface area contributed by atoms with E-state index in [1.807, 2.05) is 56.3 Å². The third kappa shape index (κ3) is 3.63. The summed E-state index contributed by atoms with van der Waals surface area (Å²) < 4.78 is 10.9. The number of ether oxygens (including phenoxy) is 2. The molecule has 1 saturated heterocycles. The maximum absolute atomic E-state index is 13.4. The van der Waals surface area contributed by atoms with Gasteiger partial charge >= 0.3 is 0 Å². The molecule has 1 aliphatic heterocycles. The normalized spacial score (nSPS) is 17.3. The SMILES string of the molecule is COc1cccc(OC)c1/C(O)=C1\C(=O)C(=O)N(c2ccccc2C)C1c1ccccc1C. The van der Waals surface area contributed by atoms with Crippen LogP contribution in [0.25, 0.3) is 5.76 Å². The van der Waals surface area contributed by atoms with Gasteiger partial charge in [0.05, 0.1) is 25.8 Å². The number of aliphatic hydroxyl groups excluding tert-OH is 1. The van der Waals surface area contributed by atoms with Crippen molar-refractivity contribution in [2.45, 2.75) is 19.9 Å². The lowest BCUT2D eigenvalue weighted by Crippen LogP contribution is -2.30. The van der Waals surface area contributed by atoms with Crippen LogP contribution in [0.4, 0.5) is 5.69 Å². The van der Waals surface area contributed by atoms with Crippen LogP contribution in [-0.4, -0.2) is 31.0 Å². The minimum absolute atomic E-state index is 0.0136. The Balaban J connectivity index is 2.06. The number of para-hydroxylation sites is 1. The standard InChI is InChI=1S/C27H25NO5/c1-16-10-5-7-12-18(16)24-23(25(29)22-20(32-3)14-9-15-21(22)33-4)26(30)27(31)28(24)19-13-8-6-11-17(19)2/h5-15,24,29H,1-4H3/b25-23+. The van der Waals surface area contributed by atoms with Crippen LogP contribution in [-0.2, 0) is 9.59 Å². The number of carbonyl (C=O) groups is 2. The van der Waals surface area contributed by atoms with Crippen LogP contribution in [0.5, 0.6) is 11.5 Å². The van der Waals surface area contributed by atoms with Crippen LogP contribution < -0.4 is 14.4 Å². The van der Waals surface area contributed by atoms with Gasteiger partial charge in [0.15, 0.2) is 0 Å². The zero-order valence-electron chi connectivity index (χ0n) is 19.0. The molecule has 1 N–H and O–H groups in total. The predicted molar refractivity (Wildman–Crippen MR) is 127 cm³/mol. The van der Waals surface area contributed by atoms with Gasteiger partial charge in [0.1, 0.15) is 22.8 Å². The molecule has 0 radical (unpaired) electrons. The van der Waals surface area contributed by atoms with Gasteiger partial charge in [-0.1, -0.05) is 48.5 Å². The Morgan fingerprint density at radius 1 is 0.818 bits per heavy atom. The van der Waals surface area contributed by atoms with Gasteiger partial charge in [0.25, 0.3) is 11.7 Å². The van der Waals surface area contributed by atoms with E-state index in [4.69, 9.17) is 9.47 Å². The molecule has 6 nitrogen and oxygen atoms in total. The van der Waals surface area contributed by atoms with E-state index in [2.05, 4.69) is 0 Å². The number of anilines is 1. The molecule has 168 valence electrons. The predicted octanol–water partition coefficient (Wildman–Crippen LogP) is 4.95. The summed E-state index contributed by atoms with van der Waals surface area (Å²) in [5.41, 5.74) is 3.30. The molecular weight excluding hydrogens is 418 g/mol. The number of aryl methyl sites for hydroxylation is 2. The summed E-state index contributed by atoms with van der Waals surface area (Å²) >= 11 is 0. The maximum atomic E-state index is 13.4. The van der Waals surface area contributed by atoms with Gasteiger partial charge in [-0.15, -0.1) is 0 Å². The Bertz CT molecular complexity index is 1250. The van der Waals surface area contributed by atoms with E-state index >= 15 is 0 Å².